The van der Waals surface area contributed by atoms with E-state index in [0.29, 0.717) is 0 Å². The van der Waals surface area contributed by atoms with E-state index in [1.54, 1.807) is 0 Å². The Morgan fingerprint density at radius 1 is 1.16 bits per heavy atom. The van der Waals surface area contributed by atoms with Gasteiger partial charge in [0.05, 0.1) is 0 Å². The van der Waals surface area contributed by atoms with Gasteiger partial charge in [-0.25, -0.2) is 4.98 Å². The highest BCUT2D eigenvalue weighted by Crippen LogP contribution is 2.20. The summed E-state index contributed by atoms with van der Waals surface area (Å²) >= 11 is 0. The largest absolute Gasteiger partial charge is 0.378 e. The number of nitrogens with zero attached hydrogens (tertiary/aromatic N) is 1. The van der Waals surface area contributed by atoms with Crippen LogP contribution in [0.25, 0.3) is 0 Å². The molecule has 1 atom stereocenters. The Labute approximate surface area is 115 Å². The third-order valence-corrected chi connectivity index (χ3v) is 3.08. The minimum Gasteiger partial charge on any atom is -0.378 e. The molecule has 0 amide bonds. The monoisotopic (exact) mass is 255 g/mol. The van der Waals surface area contributed by atoms with Crippen molar-refractivity contribution in [2.75, 3.05) is 17.2 Å². The van der Waals surface area contributed by atoms with Crippen LogP contribution in [0.2, 0.25) is 0 Å². The molecule has 2 aromatic rings. The lowest BCUT2D eigenvalue weighted by atomic mass is 10.1. The molecule has 1 unspecified atom stereocenters. The van der Waals surface area contributed by atoms with Crippen LogP contribution >= 0.6 is 0 Å². The summed E-state index contributed by atoms with van der Waals surface area (Å²) in [6.45, 7) is 7.21. The maximum atomic E-state index is 4.27. The number of hydrogen-bond acceptors (Lipinski definition) is 3. The molecule has 0 fully saturated rings. The highest BCUT2D eigenvalue weighted by Gasteiger charge is 2.05. The van der Waals surface area contributed by atoms with E-state index in [9.17, 15) is 0 Å². The minimum absolute atomic E-state index is 0.275. The number of pyridine rings is 1. The summed E-state index contributed by atoms with van der Waals surface area (Å²) in [5.41, 5.74) is 3.65. The highest BCUT2D eigenvalue weighted by molar-refractivity contribution is 5.53. The maximum Gasteiger partial charge on any atom is 0.127 e. The molecular formula is C16H21N3. The van der Waals surface area contributed by atoms with E-state index >= 15 is 0 Å². The van der Waals surface area contributed by atoms with Crippen molar-refractivity contribution in [3.05, 3.63) is 53.7 Å². The van der Waals surface area contributed by atoms with Crippen LogP contribution in [0.4, 0.5) is 11.5 Å². The molecule has 100 valence electrons. The molecule has 1 heterocycles. The van der Waals surface area contributed by atoms with Crippen molar-refractivity contribution in [2.45, 2.75) is 26.8 Å². The zero-order valence-electron chi connectivity index (χ0n) is 11.8. The van der Waals surface area contributed by atoms with Crippen molar-refractivity contribution >= 4 is 11.5 Å². The average Bonchev–Trinajstić information content (AvgIpc) is 2.40. The summed E-state index contributed by atoms with van der Waals surface area (Å²) in [4.78, 5) is 4.27. The standard InChI is InChI=1S/C16H21N3/c1-4-17-16-11-15(9-10-18-16)19-13(3)14-7-5-12(2)6-8-14/h5-11,13H,4H2,1-3H3,(H2,17,18,19). The first kappa shape index (κ1) is 13.4. The fourth-order valence-corrected chi connectivity index (χ4v) is 1.99. The van der Waals surface area contributed by atoms with Crippen molar-refractivity contribution < 1.29 is 0 Å². The third kappa shape index (κ3) is 3.71. The second-order valence-corrected chi connectivity index (χ2v) is 4.74. The molecule has 2 N–H and O–H groups in total. The number of anilines is 2. The molecule has 1 aromatic carbocycles. The predicted octanol–water partition coefficient (Wildman–Crippen LogP) is 3.99. The van der Waals surface area contributed by atoms with Crippen molar-refractivity contribution in [1.29, 1.82) is 0 Å². The van der Waals surface area contributed by atoms with Crippen LogP contribution < -0.4 is 10.6 Å². The molecule has 0 aliphatic rings. The molecule has 0 aliphatic heterocycles. The summed E-state index contributed by atoms with van der Waals surface area (Å²) in [5.74, 6) is 0.906. The van der Waals surface area contributed by atoms with Gasteiger partial charge in [0.15, 0.2) is 0 Å². The van der Waals surface area contributed by atoms with E-state index in [4.69, 9.17) is 0 Å². The van der Waals surface area contributed by atoms with Crippen LogP contribution in [0, 0.1) is 6.92 Å². The van der Waals surface area contributed by atoms with Gasteiger partial charge < -0.3 is 10.6 Å². The Bertz CT molecular complexity index is 520. The molecule has 0 saturated heterocycles. The van der Waals surface area contributed by atoms with E-state index < -0.39 is 0 Å². The lowest BCUT2D eigenvalue weighted by Crippen LogP contribution is -2.07. The number of nitrogens with one attached hydrogen (secondary N) is 2. The van der Waals surface area contributed by atoms with Gasteiger partial charge in [-0.3, -0.25) is 0 Å². The Balaban J connectivity index is 2.07. The number of hydrogen-bond donors (Lipinski definition) is 2. The molecule has 3 heteroatoms. The second-order valence-electron chi connectivity index (χ2n) is 4.74. The van der Waals surface area contributed by atoms with Gasteiger partial charge in [0, 0.05) is 30.5 Å². The lowest BCUT2D eigenvalue weighted by Gasteiger charge is -2.16. The average molecular weight is 255 g/mol. The van der Waals surface area contributed by atoms with E-state index in [1.165, 1.54) is 11.1 Å². The van der Waals surface area contributed by atoms with Crippen molar-refractivity contribution in [3.63, 3.8) is 0 Å². The van der Waals surface area contributed by atoms with Gasteiger partial charge in [0.2, 0.25) is 0 Å². The Hall–Kier alpha value is -2.03. The fraction of sp³-hybridized carbons (Fsp3) is 0.312. The number of benzene rings is 1. The quantitative estimate of drug-likeness (QED) is 0.848. The van der Waals surface area contributed by atoms with Gasteiger partial charge in [0.1, 0.15) is 5.82 Å². The first-order valence-corrected chi connectivity index (χ1v) is 6.72. The number of rotatable bonds is 5. The molecule has 0 spiro atoms. The Morgan fingerprint density at radius 2 is 1.89 bits per heavy atom. The highest BCUT2D eigenvalue weighted by atomic mass is 15.0. The first-order valence-electron chi connectivity index (χ1n) is 6.72. The van der Waals surface area contributed by atoms with E-state index in [-0.39, 0.29) is 6.04 Å². The molecule has 0 aliphatic carbocycles. The molecule has 19 heavy (non-hydrogen) atoms. The third-order valence-electron chi connectivity index (χ3n) is 3.08. The topological polar surface area (TPSA) is 37.0 Å². The molecule has 0 radical (unpaired) electrons. The predicted molar refractivity (Wildman–Crippen MR) is 81.6 cm³/mol. The van der Waals surface area contributed by atoms with E-state index in [0.717, 1.165) is 18.1 Å². The van der Waals surface area contributed by atoms with Gasteiger partial charge in [-0.2, -0.15) is 0 Å². The second kappa shape index (κ2) is 6.23. The molecule has 0 saturated carbocycles. The van der Waals surface area contributed by atoms with Crippen molar-refractivity contribution in [1.82, 2.24) is 4.98 Å². The molecule has 0 bridgehead atoms. The SMILES string of the molecule is CCNc1cc(NC(C)c2ccc(C)cc2)ccn1. The van der Waals surface area contributed by atoms with Gasteiger partial charge >= 0.3 is 0 Å². The molecule has 2 rings (SSSR count). The van der Waals surface area contributed by atoms with Crippen LogP contribution in [0.1, 0.15) is 31.0 Å². The zero-order chi connectivity index (χ0) is 13.7. The zero-order valence-corrected chi connectivity index (χ0v) is 11.8. The van der Waals surface area contributed by atoms with E-state index in [2.05, 4.69) is 60.7 Å². The van der Waals surface area contributed by atoms with Crippen molar-refractivity contribution in [3.8, 4) is 0 Å². The summed E-state index contributed by atoms with van der Waals surface area (Å²) in [6.07, 6.45) is 1.82. The maximum absolute atomic E-state index is 4.27. The van der Waals surface area contributed by atoms with E-state index in [1.807, 2.05) is 18.3 Å². The molecule has 3 nitrogen and oxygen atoms in total. The van der Waals surface area contributed by atoms with Crippen LogP contribution in [-0.2, 0) is 0 Å². The Kier molecular flexibility index (Phi) is 4.39. The van der Waals surface area contributed by atoms with Gasteiger partial charge in [-0.1, -0.05) is 29.8 Å². The minimum atomic E-state index is 0.275. The van der Waals surface area contributed by atoms with Gasteiger partial charge in [-0.15, -0.1) is 0 Å². The van der Waals surface area contributed by atoms with Crippen LogP contribution in [0.5, 0.6) is 0 Å². The van der Waals surface area contributed by atoms with Crippen LogP contribution in [-0.4, -0.2) is 11.5 Å². The Morgan fingerprint density at radius 3 is 2.58 bits per heavy atom. The molecule has 1 aromatic heterocycles. The summed E-state index contributed by atoms with van der Waals surface area (Å²) in [5, 5.41) is 6.71. The normalized spacial score (nSPS) is 11.9. The van der Waals surface area contributed by atoms with Crippen LogP contribution in [0.3, 0.4) is 0 Å². The first-order chi connectivity index (χ1) is 9.19. The summed E-state index contributed by atoms with van der Waals surface area (Å²) < 4.78 is 0. The lowest BCUT2D eigenvalue weighted by molar-refractivity contribution is 0.883. The van der Waals surface area contributed by atoms with Crippen molar-refractivity contribution in [2.24, 2.45) is 0 Å². The van der Waals surface area contributed by atoms with Gasteiger partial charge in [-0.05, 0) is 32.4 Å². The van der Waals surface area contributed by atoms with Gasteiger partial charge in [0.25, 0.3) is 0 Å². The number of aryl methyl sites for hydroxylation is 1. The smallest absolute Gasteiger partial charge is 0.127 e. The summed E-state index contributed by atoms with van der Waals surface area (Å²) in [7, 11) is 0. The summed E-state index contributed by atoms with van der Waals surface area (Å²) in [6, 6.07) is 12.9. The number of aromatic nitrogens is 1. The molecular weight excluding hydrogens is 234 g/mol. The fourth-order valence-electron chi connectivity index (χ4n) is 1.99. The van der Waals surface area contributed by atoms with Crippen LogP contribution in [0.15, 0.2) is 42.6 Å².